The highest BCUT2D eigenvalue weighted by molar-refractivity contribution is 5.75. The van der Waals surface area contributed by atoms with Gasteiger partial charge in [-0.3, -0.25) is 0 Å². The minimum Gasteiger partial charge on any atom is -0.508 e. The lowest BCUT2D eigenvalue weighted by atomic mass is 10.1. The second-order valence-corrected chi connectivity index (χ2v) is 5.37. The molecule has 2 rings (SSSR count). The van der Waals surface area contributed by atoms with E-state index in [9.17, 15) is 9.90 Å². The van der Waals surface area contributed by atoms with E-state index in [1.807, 2.05) is 19.1 Å². The Kier molecular flexibility index (Phi) is 4.84. The molecule has 0 aliphatic heterocycles. The van der Waals surface area contributed by atoms with Gasteiger partial charge < -0.3 is 20.4 Å². The highest BCUT2D eigenvalue weighted by Gasteiger charge is 2.32. The molecule has 5 nitrogen and oxygen atoms in total. The lowest BCUT2D eigenvalue weighted by molar-refractivity contribution is 0.171. The number of hydrogen-bond acceptors (Lipinski definition) is 3. The Balaban J connectivity index is 1.84. The molecule has 1 aliphatic carbocycles. The number of phenolic OH excluding ortho intramolecular Hbond substituents is 1. The Morgan fingerprint density at radius 1 is 1.40 bits per heavy atom. The van der Waals surface area contributed by atoms with Crippen molar-refractivity contribution in [2.45, 2.75) is 38.3 Å². The van der Waals surface area contributed by atoms with Crippen LogP contribution in [0.2, 0.25) is 0 Å². The quantitative estimate of drug-likeness (QED) is 0.738. The minimum atomic E-state index is -0.104. The van der Waals surface area contributed by atoms with E-state index in [1.54, 1.807) is 17.0 Å². The van der Waals surface area contributed by atoms with Gasteiger partial charge in [0.25, 0.3) is 0 Å². The number of rotatable bonds is 6. The van der Waals surface area contributed by atoms with Gasteiger partial charge in [0.05, 0.1) is 6.61 Å². The Morgan fingerprint density at radius 3 is 2.60 bits per heavy atom. The maximum atomic E-state index is 12.1. The predicted octanol–water partition coefficient (Wildman–Crippen LogP) is 1.49. The molecule has 1 saturated carbocycles. The first-order valence-corrected chi connectivity index (χ1v) is 7.06. The van der Waals surface area contributed by atoms with E-state index in [4.69, 9.17) is 5.11 Å². The second-order valence-electron chi connectivity index (χ2n) is 5.37. The zero-order valence-electron chi connectivity index (χ0n) is 11.7. The third-order valence-electron chi connectivity index (χ3n) is 3.44. The number of carbonyl (C=O) groups excluding carboxylic acids is 1. The van der Waals surface area contributed by atoms with Gasteiger partial charge in [0, 0.05) is 18.6 Å². The Labute approximate surface area is 119 Å². The van der Waals surface area contributed by atoms with E-state index < -0.39 is 0 Å². The van der Waals surface area contributed by atoms with Crippen molar-refractivity contribution in [2.24, 2.45) is 0 Å². The molecule has 0 radical (unpaired) electrons. The molecule has 0 saturated heterocycles. The van der Waals surface area contributed by atoms with Crippen LogP contribution in [0.5, 0.6) is 5.75 Å². The highest BCUT2D eigenvalue weighted by Crippen LogP contribution is 2.26. The van der Waals surface area contributed by atoms with Crippen LogP contribution in [0, 0.1) is 0 Å². The van der Waals surface area contributed by atoms with Gasteiger partial charge in [-0.25, -0.2) is 4.79 Å². The summed E-state index contributed by atoms with van der Waals surface area (Å²) in [5.74, 6) is 0.244. The molecule has 3 N–H and O–H groups in total. The van der Waals surface area contributed by atoms with Crippen molar-refractivity contribution >= 4 is 6.03 Å². The Morgan fingerprint density at radius 2 is 2.05 bits per heavy atom. The summed E-state index contributed by atoms with van der Waals surface area (Å²) in [6.45, 7) is 2.34. The molecule has 20 heavy (non-hydrogen) atoms. The first kappa shape index (κ1) is 14.7. The lowest BCUT2D eigenvalue weighted by Crippen LogP contribution is -2.46. The summed E-state index contributed by atoms with van der Waals surface area (Å²) in [6, 6.07) is 7.19. The molecule has 1 aromatic rings. The molecule has 0 aromatic heterocycles. The number of nitrogens with one attached hydrogen (secondary N) is 1. The number of benzene rings is 1. The molecule has 0 spiro atoms. The van der Waals surface area contributed by atoms with Crippen LogP contribution < -0.4 is 5.32 Å². The largest absolute Gasteiger partial charge is 0.508 e. The number of aliphatic hydroxyl groups excluding tert-OH is 1. The summed E-state index contributed by atoms with van der Waals surface area (Å²) >= 11 is 0. The van der Waals surface area contributed by atoms with E-state index >= 15 is 0 Å². The van der Waals surface area contributed by atoms with Gasteiger partial charge in [0.2, 0.25) is 0 Å². The van der Waals surface area contributed by atoms with Crippen molar-refractivity contribution in [3.63, 3.8) is 0 Å². The van der Waals surface area contributed by atoms with Gasteiger partial charge in [-0.2, -0.15) is 0 Å². The molecule has 2 amide bonds. The molecular formula is C15H22N2O3. The molecule has 1 aliphatic rings. The third kappa shape index (κ3) is 4.13. The van der Waals surface area contributed by atoms with E-state index in [1.165, 1.54) is 0 Å². The molecule has 1 aromatic carbocycles. The predicted molar refractivity (Wildman–Crippen MR) is 76.6 cm³/mol. The molecule has 5 heteroatoms. The average Bonchev–Trinajstić information content (AvgIpc) is 3.22. The van der Waals surface area contributed by atoms with Crippen LogP contribution in [-0.4, -0.2) is 46.4 Å². The van der Waals surface area contributed by atoms with Crippen molar-refractivity contribution in [1.29, 1.82) is 0 Å². The van der Waals surface area contributed by atoms with Crippen LogP contribution in [0.25, 0.3) is 0 Å². The summed E-state index contributed by atoms with van der Waals surface area (Å²) in [6.07, 6.45) is 2.77. The SMILES string of the molecule is CC(Cc1ccc(O)cc1)NC(=O)N(CCO)C1CC1. The molecule has 1 atom stereocenters. The molecule has 0 heterocycles. The molecule has 1 unspecified atom stereocenters. The topological polar surface area (TPSA) is 72.8 Å². The average molecular weight is 278 g/mol. The van der Waals surface area contributed by atoms with Crippen molar-refractivity contribution in [2.75, 3.05) is 13.2 Å². The summed E-state index contributed by atoms with van der Waals surface area (Å²) < 4.78 is 0. The van der Waals surface area contributed by atoms with Gasteiger partial charge in [-0.05, 0) is 43.9 Å². The van der Waals surface area contributed by atoms with E-state index in [0.29, 0.717) is 19.0 Å². The Hall–Kier alpha value is -1.75. The van der Waals surface area contributed by atoms with Gasteiger partial charge in [0.1, 0.15) is 5.75 Å². The van der Waals surface area contributed by atoms with Crippen LogP contribution in [0.15, 0.2) is 24.3 Å². The maximum absolute atomic E-state index is 12.1. The van der Waals surface area contributed by atoms with E-state index in [-0.39, 0.29) is 24.4 Å². The van der Waals surface area contributed by atoms with Crippen molar-refractivity contribution in [1.82, 2.24) is 10.2 Å². The van der Waals surface area contributed by atoms with Crippen LogP contribution in [-0.2, 0) is 6.42 Å². The van der Waals surface area contributed by atoms with Crippen LogP contribution in [0.3, 0.4) is 0 Å². The standard InChI is InChI=1S/C15H22N2O3/c1-11(10-12-2-6-14(19)7-3-12)16-15(20)17(8-9-18)13-4-5-13/h2-3,6-7,11,13,18-19H,4-5,8-10H2,1H3,(H,16,20). The molecular weight excluding hydrogens is 256 g/mol. The maximum Gasteiger partial charge on any atom is 0.317 e. The van der Waals surface area contributed by atoms with Crippen molar-refractivity contribution < 1.29 is 15.0 Å². The van der Waals surface area contributed by atoms with Crippen LogP contribution in [0.4, 0.5) is 4.79 Å². The number of hydrogen-bond donors (Lipinski definition) is 3. The number of aliphatic hydroxyl groups is 1. The number of nitrogens with zero attached hydrogens (tertiary/aromatic N) is 1. The summed E-state index contributed by atoms with van der Waals surface area (Å²) in [7, 11) is 0. The first-order chi connectivity index (χ1) is 9.60. The van der Waals surface area contributed by atoms with Crippen molar-refractivity contribution in [3.05, 3.63) is 29.8 Å². The lowest BCUT2D eigenvalue weighted by Gasteiger charge is -2.24. The summed E-state index contributed by atoms with van der Waals surface area (Å²) in [5, 5.41) is 21.2. The smallest absolute Gasteiger partial charge is 0.317 e. The second kappa shape index (κ2) is 6.61. The van der Waals surface area contributed by atoms with Gasteiger partial charge in [-0.15, -0.1) is 0 Å². The summed E-state index contributed by atoms with van der Waals surface area (Å²) in [4.78, 5) is 13.8. The minimum absolute atomic E-state index is 0.00371. The number of carbonyl (C=O) groups is 1. The zero-order chi connectivity index (χ0) is 14.5. The molecule has 0 bridgehead atoms. The Bertz CT molecular complexity index is 443. The zero-order valence-corrected chi connectivity index (χ0v) is 11.7. The fourth-order valence-electron chi connectivity index (χ4n) is 2.27. The van der Waals surface area contributed by atoms with Crippen molar-refractivity contribution in [3.8, 4) is 5.75 Å². The van der Waals surface area contributed by atoms with Crippen LogP contribution in [0.1, 0.15) is 25.3 Å². The molecule has 1 fully saturated rings. The summed E-state index contributed by atoms with van der Waals surface area (Å²) in [5.41, 5.74) is 1.07. The third-order valence-corrected chi connectivity index (χ3v) is 3.44. The van der Waals surface area contributed by atoms with Gasteiger partial charge >= 0.3 is 6.03 Å². The molecule has 110 valence electrons. The van der Waals surface area contributed by atoms with Crippen LogP contribution >= 0.6 is 0 Å². The van der Waals surface area contributed by atoms with E-state index in [2.05, 4.69) is 5.32 Å². The first-order valence-electron chi connectivity index (χ1n) is 7.06. The number of urea groups is 1. The normalized spacial score (nSPS) is 15.7. The fraction of sp³-hybridized carbons (Fsp3) is 0.533. The fourth-order valence-corrected chi connectivity index (χ4v) is 2.27. The monoisotopic (exact) mass is 278 g/mol. The number of phenols is 1. The van der Waals surface area contributed by atoms with E-state index in [0.717, 1.165) is 18.4 Å². The number of amides is 2. The van der Waals surface area contributed by atoms with Gasteiger partial charge in [-0.1, -0.05) is 12.1 Å². The highest BCUT2D eigenvalue weighted by atomic mass is 16.3. The van der Waals surface area contributed by atoms with Gasteiger partial charge in [0.15, 0.2) is 0 Å². The number of aromatic hydroxyl groups is 1.